The minimum atomic E-state index is -1.02. The average molecular weight is 196 g/mol. The van der Waals surface area contributed by atoms with Gasteiger partial charge in [0.25, 0.3) is 0 Å². The van der Waals surface area contributed by atoms with E-state index in [4.69, 9.17) is 16.1 Å². The van der Waals surface area contributed by atoms with Crippen LogP contribution < -0.4 is 5.73 Å². The zero-order chi connectivity index (χ0) is 9.84. The van der Waals surface area contributed by atoms with Gasteiger partial charge in [0.15, 0.2) is 0 Å². The van der Waals surface area contributed by atoms with Crippen LogP contribution in [0.4, 0.5) is 0 Å². The molecule has 1 unspecified atom stereocenters. The number of rotatable bonds is 3. The first kappa shape index (κ1) is 9.71. The number of carbonyl (C=O) groups is 1. The second-order valence-electron chi connectivity index (χ2n) is 2.56. The lowest BCUT2D eigenvalue weighted by Gasteiger charge is -2.02. The van der Waals surface area contributed by atoms with Crippen molar-refractivity contribution in [1.29, 1.82) is 5.26 Å². The molecule has 4 nitrogen and oxygen atoms in total. The molecular formula is C8H8N2O2S. The molecule has 1 heterocycles. The van der Waals surface area contributed by atoms with E-state index in [0.717, 1.165) is 4.88 Å². The lowest BCUT2D eigenvalue weighted by atomic mass is 10.2. The maximum Gasteiger partial charge on any atom is 0.320 e. The third-order valence-corrected chi connectivity index (χ3v) is 2.48. The Morgan fingerprint density at radius 2 is 2.54 bits per heavy atom. The van der Waals surface area contributed by atoms with E-state index in [1.54, 1.807) is 11.4 Å². The highest BCUT2D eigenvalue weighted by molar-refractivity contribution is 7.10. The van der Waals surface area contributed by atoms with Gasteiger partial charge in [0, 0.05) is 16.7 Å². The van der Waals surface area contributed by atoms with Gasteiger partial charge in [0.2, 0.25) is 0 Å². The normalized spacial score (nSPS) is 12.0. The Morgan fingerprint density at radius 3 is 3.00 bits per heavy atom. The summed E-state index contributed by atoms with van der Waals surface area (Å²) in [6.07, 6.45) is 0.279. The number of thiophene rings is 1. The number of nitrogens with zero attached hydrogens (tertiary/aromatic N) is 1. The Hall–Kier alpha value is -1.38. The van der Waals surface area contributed by atoms with E-state index >= 15 is 0 Å². The van der Waals surface area contributed by atoms with Crippen molar-refractivity contribution in [2.24, 2.45) is 5.73 Å². The fourth-order valence-electron chi connectivity index (χ4n) is 0.850. The number of aliphatic carboxylic acids is 1. The fourth-order valence-corrected chi connectivity index (χ4v) is 1.72. The summed E-state index contributed by atoms with van der Waals surface area (Å²) >= 11 is 1.35. The molecule has 3 N–H and O–H groups in total. The number of hydrogen-bond donors (Lipinski definition) is 2. The molecule has 0 aliphatic carbocycles. The van der Waals surface area contributed by atoms with Gasteiger partial charge >= 0.3 is 5.97 Å². The van der Waals surface area contributed by atoms with Gasteiger partial charge in [-0.3, -0.25) is 4.79 Å². The molecule has 1 aromatic heterocycles. The largest absolute Gasteiger partial charge is 0.480 e. The number of nitrogens with two attached hydrogens (primary N) is 1. The van der Waals surface area contributed by atoms with Crippen molar-refractivity contribution in [3.8, 4) is 6.07 Å². The van der Waals surface area contributed by atoms with E-state index in [-0.39, 0.29) is 6.42 Å². The highest BCUT2D eigenvalue weighted by Crippen LogP contribution is 2.15. The third kappa shape index (κ3) is 2.54. The third-order valence-electron chi connectivity index (χ3n) is 1.52. The molecule has 0 bridgehead atoms. The van der Waals surface area contributed by atoms with E-state index in [1.165, 1.54) is 11.3 Å². The summed E-state index contributed by atoms with van der Waals surface area (Å²) in [5, 5.41) is 18.7. The first-order chi connectivity index (χ1) is 6.13. The van der Waals surface area contributed by atoms with Gasteiger partial charge in [-0.15, -0.1) is 11.3 Å². The van der Waals surface area contributed by atoms with Gasteiger partial charge in [0.05, 0.1) is 5.56 Å². The number of nitriles is 1. The van der Waals surface area contributed by atoms with Gasteiger partial charge in [-0.1, -0.05) is 0 Å². The number of carboxylic acids is 1. The molecule has 0 radical (unpaired) electrons. The van der Waals surface area contributed by atoms with Gasteiger partial charge in [-0.25, -0.2) is 0 Å². The molecule has 0 saturated heterocycles. The first-order valence-electron chi connectivity index (χ1n) is 3.59. The molecule has 0 aliphatic heterocycles. The molecule has 0 saturated carbocycles. The Labute approximate surface area is 79.2 Å². The minimum absolute atomic E-state index is 0.279. The Bertz CT molecular complexity index is 353. The predicted octanol–water partition coefficient (Wildman–Crippen LogP) is 0.574. The lowest BCUT2D eigenvalue weighted by molar-refractivity contribution is -0.138. The molecule has 1 aromatic rings. The smallest absolute Gasteiger partial charge is 0.320 e. The topological polar surface area (TPSA) is 87.1 Å². The fraction of sp³-hybridized carbons (Fsp3) is 0.250. The second kappa shape index (κ2) is 4.03. The summed E-state index contributed by atoms with van der Waals surface area (Å²) in [6.45, 7) is 0. The van der Waals surface area contributed by atoms with Crippen LogP contribution in [-0.2, 0) is 11.2 Å². The maximum atomic E-state index is 10.4. The summed E-state index contributed by atoms with van der Waals surface area (Å²) in [6, 6.07) is 2.75. The summed E-state index contributed by atoms with van der Waals surface area (Å²) in [5.74, 6) is -1.02. The SMILES string of the molecule is N#Cc1csc(CC(N)C(=O)O)c1. The van der Waals surface area contributed by atoms with Crippen LogP contribution in [0.5, 0.6) is 0 Å². The van der Waals surface area contributed by atoms with Crippen molar-refractivity contribution in [2.45, 2.75) is 12.5 Å². The van der Waals surface area contributed by atoms with Gasteiger partial charge in [0.1, 0.15) is 12.1 Å². The highest BCUT2D eigenvalue weighted by Gasteiger charge is 2.13. The number of hydrogen-bond acceptors (Lipinski definition) is 4. The molecule has 1 atom stereocenters. The van der Waals surface area contributed by atoms with Crippen molar-refractivity contribution < 1.29 is 9.90 Å². The van der Waals surface area contributed by atoms with Crippen LogP contribution in [0, 0.1) is 11.3 Å². The lowest BCUT2D eigenvalue weighted by Crippen LogP contribution is -2.31. The molecule has 1 rings (SSSR count). The number of carboxylic acid groups (broad SMARTS) is 1. The molecule has 0 aliphatic rings. The Balaban J connectivity index is 2.65. The predicted molar refractivity (Wildman–Crippen MR) is 48.3 cm³/mol. The zero-order valence-electron chi connectivity index (χ0n) is 6.73. The van der Waals surface area contributed by atoms with Crippen LogP contribution in [0.1, 0.15) is 10.4 Å². The summed E-state index contributed by atoms with van der Waals surface area (Å²) in [4.78, 5) is 11.2. The van der Waals surface area contributed by atoms with Crippen LogP contribution in [0.25, 0.3) is 0 Å². The first-order valence-corrected chi connectivity index (χ1v) is 4.47. The Kier molecular flexibility index (Phi) is 3.01. The van der Waals surface area contributed by atoms with Crippen molar-refractivity contribution in [2.75, 3.05) is 0 Å². The van der Waals surface area contributed by atoms with E-state index < -0.39 is 12.0 Å². The maximum absolute atomic E-state index is 10.4. The van der Waals surface area contributed by atoms with Crippen molar-refractivity contribution in [3.63, 3.8) is 0 Å². The van der Waals surface area contributed by atoms with Crippen LogP contribution in [0.15, 0.2) is 11.4 Å². The monoisotopic (exact) mass is 196 g/mol. The Morgan fingerprint density at radius 1 is 1.85 bits per heavy atom. The van der Waals surface area contributed by atoms with Crippen LogP contribution >= 0.6 is 11.3 Å². The van der Waals surface area contributed by atoms with Gasteiger partial charge < -0.3 is 10.8 Å². The van der Waals surface area contributed by atoms with Gasteiger partial charge in [-0.05, 0) is 6.07 Å². The summed E-state index contributed by atoms with van der Waals surface area (Å²) in [7, 11) is 0. The molecule has 68 valence electrons. The van der Waals surface area contributed by atoms with Gasteiger partial charge in [-0.2, -0.15) is 5.26 Å². The molecule has 0 aromatic carbocycles. The van der Waals surface area contributed by atoms with Crippen molar-refractivity contribution in [1.82, 2.24) is 0 Å². The molecule has 0 amide bonds. The second-order valence-corrected chi connectivity index (χ2v) is 3.56. The van der Waals surface area contributed by atoms with E-state index in [2.05, 4.69) is 0 Å². The van der Waals surface area contributed by atoms with Crippen molar-refractivity contribution >= 4 is 17.3 Å². The van der Waals surface area contributed by atoms with E-state index in [9.17, 15) is 4.79 Å². The van der Waals surface area contributed by atoms with E-state index in [0.29, 0.717) is 5.56 Å². The quantitative estimate of drug-likeness (QED) is 0.740. The molecule has 0 spiro atoms. The molecule has 0 fully saturated rings. The average Bonchev–Trinajstić information content (AvgIpc) is 2.52. The standard InChI is InChI=1S/C8H8N2O2S/c9-3-5-1-6(13-4-5)2-7(10)8(11)12/h1,4,7H,2,10H2,(H,11,12). The summed E-state index contributed by atoms with van der Waals surface area (Å²) in [5.41, 5.74) is 5.88. The zero-order valence-corrected chi connectivity index (χ0v) is 7.54. The van der Waals surface area contributed by atoms with E-state index in [1.807, 2.05) is 6.07 Å². The molecule has 13 heavy (non-hydrogen) atoms. The van der Waals surface area contributed by atoms with Crippen molar-refractivity contribution in [3.05, 3.63) is 21.9 Å². The molecule has 5 heteroatoms. The van der Waals surface area contributed by atoms with Crippen LogP contribution in [0.2, 0.25) is 0 Å². The van der Waals surface area contributed by atoms with Crippen LogP contribution in [-0.4, -0.2) is 17.1 Å². The highest BCUT2D eigenvalue weighted by atomic mass is 32.1. The van der Waals surface area contributed by atoms with Crippen LogP contribution in [0.3, 0.4) is 0 Å². The molecular weight excluding hydrogens is 188 g/mol. The summed E-state index contributed by atoms with van der Waals surface area (Å²) < 4.78 is 0. The minimum Gasteiger partial charge on any atom is -0.480 e.